The summed E-state index contributed by atoms with van der Waals surface area (Å²) in [7, 11) is 1.68. The molecule has 1 heterocycles. The molecule has 0 atom stereocenters. The Morgan fingerprint density at radius 2 is 2.27 bits per heavy atom. The largest absolute Gasteiger partial charge is 0.399 e. The second-order valence-corrected chi connectivity index (χ2v) is 3.85. The number of hydrogen-bond acceptors (Lipinski definition) is 2. The number of rotatable bonds is 3. The van der Waals surface area contributed by atoms with Crippen LogP contribution in [0, 0.1) is 0 Å². The summed E-state index contributed by atoms with van der Waals surface area (Å²) >= 11 is 6.11. The van der Waals surface area contributed by atoms with E-state index in [-0.39, 0.29) is 0 Å². The summed E-state index contributed by atoms with van der Waals surface area (Å²) in [5.74, 6) is 0. The Morgan fingerprint density at radius 3 is 3.00 bits per heavy atom. The highest BCUT2D eigenvalue weighted by Gasteiger charge is 2.06. The number of halogens is 1. The van der Waals surface area contributed by atoms with Gasteiger partial charge < -0.3 is 15.0 Å². The summed E-state index contributed by atoms with van der Waals surface area (Å²) in [6.07, 6.45) is 1.91. The van der Waals surface area contributed by atoms with Gasteiger partial charge in [-0.2, -0.15) is 0 Å². The van der Waals surface area contributed by atoms with Crippen molar-refractivity contribution in [1.82, 2.24) is 4.57 Å². The summed E-state index contributed by atoms with van der Waals surface area (Å²) in [5, 5.41) is 1.78. The van der Waals surface area contributed by atoms with Crippen LogP contribution in [0.4, 0.5) is 5.69 Å². The number of hydrogen-bond donors (Lipinski definition) is 1. The van der Waals surface area contributed by atoms with Gasteiger partial charge in [-0.15, -0.1) is 0 Å². The Morgan fingerprint density at radius 1 is 1.47 bits per heavy atom. The molecule has 4 heteroatoms. The molecule has 80 valence electrons. The number of aromatic nitrogens is 1. The molecule has 1 aromatic carbocycles. The van der Waals surface area contributed by atoms with Gasteiger partial charge in [-0.3, -0.25) is 0 Å². The first kappa shape index (κ1) is 10.3. The van der Waals surface area contributed by atoms with Crippen LogP contribution >= 0.6 is 11.6 Å². The third-order valence-electron chi connectivity index (χ3n) is 2.39. The van der Waals surface area contributed by atoms with Crippen molar-refractivity contribution in [2.24, 2.45) is 0 Å². The standard InChI is InChI=1S/C11H13ClN2O/c1-15-5-4-14-7-10(12)9-3-2-8(13)6-11(9)14/h2-3,6-7H,4-5,13H2,1H3. The Hall–Kier alpha value is -1.19. The third-order valence-corrected chi connectivity index (χ3v) is 2.70. The SMILES string of the molecule is COCCn1cc(Cl)c2ccc(N)cc21. The monoisotopic (exact) mass is 224 g/mol. The van der Waals surface area contributed by atoms with Crippen LogP contribution in [0.1, 0.15) is 0 Å². The van der Waals surface area contributed by atoms with Crippen LogP contribution in [0.3, 0.4) is 0 Å². The predicted molar refractivity (Wildman–Crippen MR) is 63.2 cm³/mol. The second kappa shape index (κ2) is 4.13. The van der Waals surface area contributed by atoms with Crippen LogP contribution in [0.15, 0.2) is 24.4 Å². The van der Waals surface area contributed by atoms with Crippen LogP contribution in [0.2, 0.25) is 5.02 Å². The van der Waals surface area contributed by atoms with Gasteiger partial charge in [-0.25, -0.2) is 0 Å². The van der Waals surface area contributed by atoms with E-state index < -0.39 is 0 Å². The Balaban J connectivity index is 2.49. The molecule has 0 aliphatic carbocycles. The molecule has 0 saturated heterocycles. The first-order valence-electron chi connectivity index (χ1n) is 4.75. The van der Waals surface area contributed by atoms with Gasteiger partial charge in [0.2, 0.25) is 0 Å². The Kier molecular flexibility index (Phi) is 2.84. The molecule has 1 aromatic heterocycles. The van der Waals surface area contributed by atoms with Gasteiger partial charge in [-0.1, -0.05) is 11.6 Å². The third kappa shape index (κ3) is 1.94. The first-order valence-corrected chi connectivity index (χ1v) is 5.13. The smallest absolute Gasteiger partial charge is 0.0661 e. The molecule has 0 amide bonds. The molecule has 2 N–H and O–H groups in total. The lowest BCUT2D eigenvalue weighted by Crippen LogP contribution is -2.02. The highest BCUT2D eigenvalue weighted by atomic mass is 35.5. The number of nitrogen functional groups attached to an aromatic ring is 1. The Labute approximate surface area is 93.4 Å². The van der Waals surface area contributed by atoms with Crippen LogP contribution in [-0.2, 0) is 11.3 Å². The lowest BCUT2D eigenvalue weighted by molar-refractivity contribution is 0.188. The van der Waals surface area contributed by atoms with Gasteiger partial charge in [0, 0.05) is 30.9 Å². The predicted octanol–water partition coefficient (Wildman–Crippen LogP) is 2.52. The maximum Gasteiger partial charge on any atom is 0.0661 e. The molecule has 0 radical (unpaired) electrons. The fourth-order valence-electron chi connectivity index (χ4n) is 1.64. The van der Waals surface area contributed by atoms with Gasteiger partial charge in [0.25, 0.3) is 0 Å². The number of methoxy groups -OCH3 is 1. The zero-order valence-electron chi connectivity index (χ0n) is 8.53. The van der Waals surface area contributed by atoms with E-state index in [0.717, 1.165) is 28.2 Å². The van der Waals surface area contributed by atoms with E-state index in [2.05, 4.69) is 4.57 Å². The fourth-order valence-corrected chi connectivity index (χ4v) is 1.92. The number of nitrogens with zero attached hydrogens (tertiary/aromatic N) is 1. The first-order chi connectivity index (χ1) is 7.22. The number of benzene rings is 1. The lowest BCUT2D eigenvalue weighted by atomic mass is 10.2. The summed E-state index contributed by atoms with van der Waals surface area (Å²) in [4.78, 5) is 0. The molecule has 2 aromatic rings. The van der Waals surface area contributed by atoms with Crippen molar-refractivity contribution in [2.75, 3.05) is 19.5 Å². The van der Waals surface area contributed by atoms with Gasteiger partial charge in [-0.05, 0) is 18.2 Å². The summed E-state index contributed by atoms with van der Waals surface area (Å²) in [6, 6.07) is 5.72. The maximum absolute atomic E-state index is 6.11. The van der Waals surface area contributed by atoms with Crippen molar-refractivity contribution in [3.8, 4) is 0 Å². The van der Waals surface area contributed by atoms with E-state index in [1.54, 1.807) is 7.11 Å². The molecule has 0 bridgehead atoms. The molecule has 3 nitrogen and oxygen atoms in total. The summed E-state index contributed by atoms with van der Waals surface area (Å²) < 4.78 is 7.09. The maximum atomic E-state index is 6.11. The molecule has 0 unspecified atom stereocenters. The normalized spacial score (nSPS) is 11.1. The molecule has 0 aliphatic heterocycles. The average Bonchev–Trinajstić information content (AvgIpc) is 2.52. The van der Waals surface area contributed by atoms with Gasteiger partial charge >= 0.3 is 0 Å². The molecule has 0 spiro atoms. The molecule has 2 rings (SSSR count). The highest BCUT2D eigenvalue weighted by Crippen LogP contribution is 2.27. The molecular weight excluding hydrogens is 212 g/mol. The van der Waals surface area contributed by atoms with Crippen molar-refractivity contribution in [1.29, 1.82) is 0 Å². The minimum Gasteiger partial charge on any atom is -0.399 e. The fraction of sp³-hybridized carbons (Fsp3) is 0.273. The van der Waals surface area contributed by atoms with Gasteiger partial charge in [0.1, 0.15) is 0 Å². The van der Waals surface area contributed by atoms with Crippen molar-refractivity contribution < 1.29 is 4.74 Å². The molecule has 0 aliphatic rings. The quantitative estimate of drug-likeness (QED) is 0.814. The van der Waals surface area contributed by atoms with Gasteiger partial charge in [0.15, 0.2) is 0 Å². The zero-order valence-corrected chi connectivity index (χ0v) is 9.29. The van der Waals surface area contributed by atoms with Gasteiger partial charge in [0.05, 0.1) is 17.1 Å². The van der Waals surface area contributed by atoms with E-state index in [0.29, 0.717) is 6.61 Å². The van der Waals surface area contributed by atoms with E-state index in [9.17, 15) is 0 Å². The molecule has 0 saturated carbocycles. The summed E-state index contributed by atoms with van der Waals surface area (Å²) in [6.45, 7) is 1.44. The zero-order chi connectivity index (χ0) is 10.8. The van der Waals surface area contributed by atoms with Crippen molar-refractivity contribution in [3.05, 3.63) is 29.4 Å². The number of anilines is 1. The highest BCUT2D eigenvalue weighted by molar-refractivity contribution is 6.35. The van der Waals surface area contributed by atoms with Crippen molar-refractivity contribution >= 4 is 28.2 Å². The minimum atomic E-state index is 0.662. The topological polar surface area (TPSA) is 40.2 Å². The minimum absolute atomic E-state index is 0.662. The van der Waals surface area contributed by atoms with Crippen LogP contribution in [0.5, 0.6) is 0 Å². The lowest BCUT2D eigenvalue weighted by Gasteiger charge is -2.04. The van der Waals surface area contributed by atoms with E-state index in [4.69, 9.17) is 22.1 Å². The van der Waals surface area contributed by atoms with Crippen LogP contribution < -0.4 is 5.73 Å². The number of ether oxygens (including phenoxy) is 1. The van der Waals surface area contributed by atoms with Crippen LogP contribution in [0.25, 0.3) is 10.9 Å². The van der Waals surface area contributed by atoms with Crippen molar-refractivity contribution in [3.63, 3.8) is 0 Å². The second-order valence-electron chi connectivity index (χ2n) is 3.44. The van der Waals surface area contributed by atoms with Crippen molar-refractivity contribution in [2.45, 2.75) is 6.54 Å². The van der Waals surface area contributed by atoms with Crippen LogP contribution in [-0.4, -0.2) is 18.3 Å². The average molecular weight is 225 g/mol. The van der Waals surface area contributed by atoms with E-state index in [1.165, 1.54) is 0 Å². The molecule has 15 heavy (non-hydrogen) atoms. The van der Waals surface area contributed by atoms with E-state index >= 15 is 0 Å². The number of nitrogens with two attached hydrogens (primary N) is 1. The number of fused-ring (bicyclic) bond motifs is 1. The molecule has 0 fully saturated rings. The Bertz CT molecular complexity index is 479. The molecular formula is C11H13ClN2O. The van der Waals surface area contributed by atoms with E-state index in [1.807, 2.05) is 24.4 Å². The summed E-state index contributed by atoms with van der Waals surface area (Å²) in [5.41, 5.74) is 7.54.